The number of Topliss-reactive ketones (excluding diaryl/α,β-unsaturated/α-hetero) is 1. The largest absolute Gasteiger partial charge is 0.496 e. The number of rotatable bonds is 8. The lowest BCUT2D eigenvalue weighted by Gasteiger charge is -2.22. The van der Waals surface area contributed by atoms with Gasteiger partial charge in [0.1, 0.15) is 17.3 Å². The molecule has 0 aliphatic carbocycles. The first-order valence-corrected chi connectivity index (χ1v) is 11.0. The van der Waals surface area contributed by atoms with E-state index in [4.69, 9.17) is 18.9 Å². The van der Waals surface area contributed by atoms with Crippen molar-refractivity contribution in [3.63, 3.8) is 0 Å². The maximum Gasteiger partial charge on any atom is 0.312 e. The number of methoxy groups -OCH3 is 3. The van der Waals surface area contributed by atoms with Crippen LogP contribution in [0.4, 0.5) is 0 Å². The Bertz CT molecular complexity index is 1030. The summed E-state index contributed by atoms with van der Waals surface area (Å²) in [5, 5.41) is 19.7. The van der Waals surface area contributed by atoms with Gasteiger partial charge >= 0.3 is 5.97 Å². The first-order valence-electron chi connectivity index (χ1n) is 11.0. The maximum atomic E-state index is 13.0. The molecule has 0 unspecified atom stereocenters. The zero-order valence-corrected chi connectivity index (χ0v) is 20.4. The summed E-state index contributed by atoms with van der Waals surface area (Å²) in [6.07, 6.45) is -1.60. The van der Waals surface area contributed by atoms with Crippen LogP contribution in [0.5, 0.6) is 11.5 Å². The fourth-order valence-electron chi connectivity index (χ4n) is 4.78. The number of esters is 1. The second kappa shape index (κ2) is 10.5. The minimum atomic E-state index is -0.916. The molecule has 0 bridgehead atoms. The number of hydrogen-bond acceptors (Lipinski definition) is 8. The molecule has 0 saturated carbocycles. The number of carbonyl (C=O) groups is 2. The van der Waals surface area contributed by atoms with Gasteiger partial charge < -0.3 is 29.2 Å². The van der Waals surface area contributed by atoms with Crippen molar-refractivity contribution < 1.29 is 38.7 Å². The number of aliphatic hydroxyl groups is 2. The SMILES string of the molecule is COC(=O)[C@@H]1[C@@H](C(C)=O)[C@H](c2cc(CO)c(C)c(CO)c2)O[C@H]1c1cc(OC)c(C)c(OC)c1. The van der Waals surface area contributed by atoms with Crippen LogP contribution in [0.3, 0.4) is 0 Å². The molecule has 8 heteroatoms. The zero-order valence-electron chi connectivity index (χ0n) is 20.4. The molecule has 184 valence electrons. The van der Waals surface area contributed by atoms with Gasteiger partial charge in [0.15, 0.2) is 0 Å². The van der Waals surface area contributed by atoms with Crippen LogP contribution in [0.25, 0.3) is 0 Å². The van der Waals surface area contributed by atoms with Crippen molar-refractivity contribution in [2.24, 2.45) is 11.8 Å². The highest BCUT2D eigenvalue weighted by Crippen LogP contribution is 2.52. The van der Waals surface area contributed by atoms with Crippen molar-refractivity contribution in [3.05, 3.63) is 57.6 Å². The van der Waals surface area contributed by atoms with E-state index in [1.165, 1.54) is 14.0 Å². The van der Waals surface area contributed by atoms with Crippen LogP contribution in [0.2, 0.25) is 0 Å². The molecule has 1 heterocycles. The summed E-state index contributed by atoms with van der Waals surface area (Å²) in [6.45, 7) is 4.61. The standard InChI is InChI=1S/C26H32O8/c1-13-18(11-27)7-16(8-19(13)12-28)24-22(15(3)29)23(26(30)33-6)25(34-24)17-9-20(31-4)14(2)21(10-17)32-5/h7-10,22-25,27-28H,11-12H2,1-6H3/t22-,23-,24+,25+/m1/s1. The quantitative estimate of drug-likeness (QED) is 0.564. The summed E-state index contributed by atoms with van der Waals surface area (Å²) in [5.74, 6) is -1.43. The predicted octanol–water partition coefficient (Wildman–Crippen LogP) is 3.11. The molecule has 4 atom stereocenters. The Morgan fingerprint density at radius 2 is 1.29 bits per heavy atom. The van der Waals surface area contributed by atoms with Gasteiger partial charge in [-0.1, -0.05) is 12.1 Å². The van der Waals surface area contributed by atoms with Crippen molar-refractivity contribution in [2.45, 2.75) is 46.2 Å². The third-order valence-electron chi connectivity index (χ3n) is 6.69. The summed E-state index contributed by atoms with van der Waals surface area (Å²) >= 11 is 0. The fourth-order valence-corrected chi connectivity index (χ4v) is 4.78. The molecule has 2 aromatic carbocycles. The minimum Gasteiger partial charge on any atom is -0.496 e. The van der Waals surface area contributed by atoms with Gasteiger partial charge in [0.25, 0.3) is 0 Å². The highest BCUT2D eigenvalue weighted by molar-refractivity contribution is 5.87. The van der Waals surface area contributed by atoms with E-state index < -0.39 is 30.0 Å². The second-order valence-corrected chi connectivity index (χ2v) is 8.49. The Labute approximate surface area is 199 Å². The third-order valence-corrected chi connectivity index (χ3v) is 6.69. The number of hydrogen-bond donors (Lipinski definition) is 2. The van der Waals surface area contributed by atoms with Gasteiger partial charge in [-0.3, -0.25) is 9.59 Å². The zero-order chi connectivity index (χ0) is 25.2. The Morgan fingerprint density at radius 3 is 1.71 bits per heavy atom. The molecular weight excluding hydrogens is 440 g/mol. The molecule has 0 aromatic heterocycles. The van der Waals surface area contributed by atoms with E-state index in [1.54, 1.807) is 38.5 Å². The summed E-state index contributed by atoms with van der Waals surface area (Å²) in [7, 11) is 4.36. The van der Waals surface area contributed by atoms with Crippen LogP contribution < -0.4 is 9.47 Å². The predicted molar refractivity (Wildman–Crippen MR) is 124 cm³/mol. The van der Waals surface area contributed by atoms with Crippen LogP contribution in [-0.4, -0.2) is 43.3 Å². The molecule has 1 fully saturated rings. The highest BCUT2D eigenvalue weighted by atomic mass is 16.5. The van der Waals surface area contributed by atoms with Crippen molar-refractivity contribution >= 4 is 11.8 Å². The Kier molecular flexibility index (Phi) is 7.97. The number of carbonyl (C=O) groups excluding carboxylic acids is 2. The summed E-state index contributed by atoms with van der Waals surface area (Å²) < 4.78 is 22.5. The van der Waals surface area contributed by atoms with Crippen LogP contribution in [0.15, 0.2) is 24.3 Å². The van der Waals surface area contributed by atoms with Gasteiger partial charge in [-0.15, -0.1) is 0 Å². The van der Waals surface area contributed by atoms with Crippen LogP contribution in [0, 0.1) is 25.7 Å². The van der Waals surface area contributed by atoms with Crippen molar-refractivity contribution in [1.29, 1.82) is 0 Å². The lowest BCUT2D eigenvalue weighted by atomic mass is 9.79. The number of ketones is 1. The molecular formula is C26H32O8. The summed E-state index contributed by atoms with van der Waals surface area (Å²) in [6, 6.07) is 7.04. The van der Waals surface area contributed by atoms with Gasteiger partial charge in [-0.25, -0.2) is 0 Å². The van der Waals surface area contributed by atoms with Gasteiger partial charge in [0.05, 0.1) is 58.6 Å². The molecule has 8 nitrogen and oxygen atoms in total. The number of ether oxygens (including phenoxy) is 4. The van der Waals surface area contributed by atoms with E-state index in [9.17, 15) is 19.8 Å². The molecule has 1 saturated heterocycles. The first-order chi connectivity index (χ1) is 16.2. The normalized spacial score (nSPS) is 21.9. The van der Waals surface area contributed by atoms with E-state index in [-0.39, 0.29) is 19.0 Å². The first kappa shape index (κ1) is 25.7. The number of aliphatic hydroxyl groups excluding tert-OH is 2. The molecule has 0 amide bonds. The van der Waals surface area contributed by atoms with Crippen LogP contribution in [0.1, 0.15) is 52.5 Å². The fraction of sp³-hybridized carbons (Fsp3) is 0.462. The third kappa shape index (κ3) is 4.53. The van der Waals surface area contributed by atoms with Gasteiger partial charge in [0, 0.05) is 5.56 Å². The topological polar surface area (TPSA) is 112 Å². The molecule has 34 heavy (non-hydrogen) atoms. The average molecular weight is 473 g/mol. The molecule has 2 aromatic rings. The second-order valence-electron chi connectivity index (χ2n) is 8.49. The van der Waals surface area contributed by atoms with E-state index in [2.05, 4.69) is 0 Å². The monoisotopic (exact) mass is 472 g/mol. The van der Waals surface area contributed by atoms with Gasteiger partial charge in [-0.05, 0) is 60.7 Å². The highest BCUT2D eigenvalue weighted by Gasteiger charge is 2.52. The molecule has 2 N–H and O–H groups in total. The molecule has 1 aliphatic rings. The van der Waals surface area contributed by atoms with Crippen LogP contribution in [-0.2, 0) is 32.3 Å². The Hall–Kier alpha value is -2.94. The number of benzene rings is 2. The van der Waals surface area contributed by atoms with Gasteiger partial charge in [0.2, 0.25) is 0 Å². The van der Waals surface area contributed by atoms with Crippen molar-refractivity contribution in [2.75, 3.05) is 21.3 Å². The van der Waals surface area contributed by atoms with E-state index >= 15 is 0 Å². The summed E-state index contributed by atoms with van der Waals surface area (Å²) in [4.78, 5) is 25.8. The van der Waals surface area contributed by atoms with Gasteiger partial charge in [-0.2, -0.15) is 0 Å². The molecule has 1 aliphatic heterocycles. The maximum absolute atomic E-state index is 13.0. The van der Waals surface area contributed by atoms with Crippen LogP contribution >= 0.6 is 0 Å². The molecule has 3 rings (SSSR count). The van der Waals surface area contributed by atoms with Crippen molar-refractivity contribution in [1.82, 2.24) is 0 Å². The lowest BCUT2D eigenvalue weighted by molar-refractivity contribution is -0.150. The Balaban J connectivity index is 2.20. The lowest BCUT2D eigenvalue weighted by Crippen LogP contribution is -2.31. The molecule has 0 spiro atoms. The van der Waals surface area contributed by atoms with E-state index in [1.807, 2.05) is 13.8 Å². The van der Waals surface area contributed by atoms with E-state index in [0.29, 0.717) is 33.8 Å². The van der Waals surface area contributed by atoms with Crippen molar-refractivity contribution in [3.8, 4) is 11.5 Å². The average Bonchev–Trinajstić information content (AvgIpc) is 3.25. The minimum absolute atomic E-state index is 0.231. The molecule has 0 radical (unpaired) electrons. The van der Waals surface area contributed by atoms with E-state index in [0.717, 1.165) is 11.1 Å². The Morgan fingerprint density at radius 1 is 0.824 bits per heavy atom. The smallest absolute Gasteiger partial charge is 0.312 e. The summed E-state index contributed by atoms with van der Waals surface area (Å²) in [5.41, 5.74) is 4.00.